The van der Waals surface area contributed by atoms with Crippen LogP contribution in [-0.2, 0) is 54.5 Å². The van der Waals surface area contributed by atoms with Crippen LogP contribution in [0, 0.1) is 0 Å². The number of fused-ring (bicyclic) bond motifs is 1. The number of H-pyrrole nitrogens is 1. The molecule has 31 nitrogen and oxygen atoms in total. The van der Waals surface area contributed by atoms with Crippen molar-refractivity contribution in [3.8, 4) is 0 Å². The van der Waals surface area contributed by atoms with Gasteiger partial charge in [-0.05, 0) is 50.1 Å². The second-order valence-electron chi connectivity index (χ2n) is 15.3. The zero-order chi connectivity index (χ0) is 53.7. The summed E-state index contributed by atoms with van der Waals surface area (Å²) >= 11 is 3.79. The number of nitrogens with two attached hydrogens (primary N) is 2. The van der Waals surface area contributed by atoms with Crippen molar-refractivity contribution < 1.29 is 78.3 Å². The Hall–Kier alpha value is -8.52. The quantitative estimate of drug-likeness (QED) is 0.0163. The zero-order valence-electron chi connectivity index (χ0n) is 37.7. The number of hydrogen-bond donors (Lipinski definition) is 17. The third-order valence-electron chi connectivity index (χ3n) is 9.85. The predicted molar refractivity (Wildman–Crippen MR) is 248 cm³/mol. The first-order valence-electron chi connectivity index (χ1n) is 21.3. The smallest absolute Gasteiger partial charge is 0.327 e. The fourth-order valence-electron chi connectivity index (χ4n) is 6.26. The van der Waals surface area contributed by atoms with E-state index in [0.29, 0.717) is 11.4 Å². The van der Waals surface area contributed by atoms with Crippen molar-refractivity contribution in [3.05, 3.63) is 52.1 Å². The number of benzene rings is 1. The lowest BCUT2D eigenvalue weighted by atomic mass is 10.1. The molecule has 18 N–H and O–H groups in total. The van der Waals surface area contributed by atoms with Gasteiger partial charge in [-0.25, -0.2) is 19.6 Å². The van der Waals surface area contributed by atoms with Crippen LogP contribution in [0.4, 0.5) is 11.6 Å². The predicted octanol–water partition coefficient (Wildman–Crippen LogP) is -4.98. The summed E-state index contributed by atoms with van der Waals surface area (Å²) in [6.45, 7) is 0.204. The van der Waals surface area contributed by atoms with Crippen LogP contribution < -0.4 is 59.6 Å². The molecule has 3 rings (SSSR count). The number of thiol groups is 1. The van der Waals surface area contributed by atoms with Crippen LogP contribution in [0.5, 0.6) is 0 Å². The molecule has 0 bridgehead atoms. The number of aromatic amines is 1. The first-order chi connectivity index (χ1) is 34.0. The highest BCUT2D eigenvalue weighted by Crippen LogP contribution is 2.13. The molecule has 6 atom stereocenters. The summed E-state index contributed by atoms with van der Waals surface area (Å²) in [6, 6.07) is -5.30. The zero-order valence-corrected chi connectivity index (χ0v) is 38.6. The number of carbonyl (C=O) groups is 11. The molecule has 0 fully saturated rings. The molecule has 1 aromatic carbocycles. The summed E-state index contributed by atoms with van der Waals surface area (Å²) in [5, 5.41) is 65.9. The van der Waals surface area contributed by atoms with Crippen LogP contribution in [0.25, 0.3) is 11.2 Å². The Bertz CT molecular complexity index is 2570. The van der Waals surface area contributed by atoms with E-state index in [4.69, 9.17) is 11.5 Å². The third-order valence-corrected chi connectivity index (χ3v) is 10.2. The Labute approximate surface area is 410 Å². The van der Waals surface area contributed by atoms with E-state index in [1.54, 1.807) is 0 Å². The SMILES string of the molecule is NCNCCC[C@@H](NC(=O)[C@@H](CC(=O)O)NC(=O)CC[C@@H](NC(=O)c1ccc(NCc2cnc3nc(N)[nH]c(=O)c3n2)cc1)C(=O)O)C(=O)N[C@H](CC(=O)O)C(=O)N[C@H](CC(=O)O)C(=O)N[C@H](CS)C(=O)O. The number of anilines is 2. The van der Waals surface area contributed by atoms with E-state index in [0.717, 1.165) is 0 Å². The molecule has 6 amide bonds. The number of aliphatic carboxylic acids is 5. The van der Waals surface area contributed by atoms with Gasteiger partial charge in [0.25, 0.3) is 11.5 Å². The van der Waals surface area contributed by atoms with Gasteiger partial charge in [0.05, 0.1) is 37.7 Å². The molecule has 390 valence electrons. The van der Waals surface area contributed by atoms with Gasteiger partial charge in [-0.3, -0.25) is 52.9 Å². The minimum Gasteiger partial charge on any atom is -0.481 e. The second kappa shape index (κ2) is 28.2. The van der Waals surface area contributed by atoms with Crippen LogP contribution in [0.1, 0.15) is 61.0 Å². The Morgan fingerprint density at radius 2 is 1.17 bits per heavy atom. The number of hydrogen-bond acceptors (Lipinski definition) is 20. The van der Waals surface area contributed by atoms with E-state index >= 15 is 0 Å². The first-order valence-corrected chi connectivity index (χ1v) is 21.9. The monoisotopic (exact) mass is 1030 g/mol. The van der Waals surface area contributed by atoms with Gasteiger partial charge in [0.1, 0.15) is 36.3 Å². The number of rotatable bonds is 31. The first kappa shape index (κ1) is 57.8. The lowest BCUT2D eigenvalue weighted by Gasteiger charge is -2.26. The Morgan fingerprint density at radius 1 is 0.653 bits per heavy atom. The number of nitrogen functional groups attached to an aromatic ring is 1. The van der Waals surface area contributed by atoms with E-state index in [9.17, 15) is 83.1 Å². The van der Waals surface area contributed by atoms with Gasteiger partial charge < -0.3 is 79.5 Å². The maximum Gasteiger partial charge on any atom is 0.327 e. The summed E-state index contributed by atoms with van der Waals surface area (Å²) in [5.74, 6) is -15.8. The highest BCUT2D eigenvalue weighted by atomic mass is 32.1. The highest BCUT2D eigenvalue weighted by molar-refractivity contribution is 7.80. The van der Waals surface area contributed by atoms with Gasteiger partial charge in [0.15, 0.2) is 11.2 Å². The van der Waals surface area contributed by atoms with Gasteiger partial charge in [-0.15, -0.1) is 0 Å². The fraction of sp³-hybridized carbons (Fsp3) is 0.425. The average molecular weight is 1030 g/mol. The molecular weight excluding hydrogens is 981 g/mol. The van der Waals surface area contributed by atoms with Gasteiger partial charge in [-0.2, -0.15) is 17.6 Å². The van der Waals surface area contributed by atoms with Crippen molar-refractivity contribution in [1.82, 2.24) is 57.2 Å². The van der Waals surface area contributed by atoms with E-state index < -0.39 is 145 Å². The maximum atomic E-state index is 13.6. The largest absolute Gasteiger partial charge is 0.481 e. The van der Waals surface area contributed by atoms with Gasteiger partial charge in [0, 0.05) is 30.1 Å². The summed E-state index contributed by atoms with van der Waals surface area (Å²) in [5.41, 5.74) is 11.2. The highest BCUT2D eigenvalue weighted by Gasteiger charge is 2.35. The lowest BCUT2D eigenvalue weighted by molar-refractivity contribution is -0.144. The molecule has 0 spiro atoms. The normalized spacial score (nSPS) is 13.4. The third kappa shape index (κ3) is 19.1. The van der Waals surface area contributed by atoms with Gasteiger partial charge in [-0.1, -0.05) is 0 Å². The van der Waals surface area contributed by atoms with E-state index in [2.05, 4.69) is 64.5 Å². The summed E-state index contributed by atoms with van der Waals surface area (Å²) in [7, 11) is 0. The molecule has 3 aromatic rings. The summed E-state index contributed by atoms with van der Waals surface area (Å²) < 4.78 is 0. The molecule has 0 unspecified atom stereocenters. The molecule has 2 aromatic heterocycles. The van der Waals surface area contributed by atoms with Gasteiger partial charge in [0.2, 0.25) is 35.5 Å². The molecule has 2 heterocycles. The van der Waals surface area contributed by atoms with Crippen molar-refractivity contribution in [3.63, 3.8) is 0 Å². The molecule has 0 aliphatic heterocycles. The van der Waals surface area contributed by atoms with Gasteiger partial charge >= 0.3 is 29.8 Å². The molecule has 0 saturated carbocycles. The number of aromatic nitrogens is 4. The van der Waals surface area contributed by atoms with Crippen LogP contribution in [0.15, 0.2) is 35.3 Å². The Kier molecular flexibility index (Phi) is 22.7. The molecule has 0 saturated heterocycles. The van der Waals surface area contributed by atoms with Crippen molar-refractivity contribution in [2.24, 2.45) is 5.73 Å². The number of amides is 6. The lowest BCUT2D eigenvalue weighted by Crippen LogP contribution is -2.59. The van der Waals surface area contributed by atoms with Crippen molar-refractivity contribution in [1.29, 1.82) is 0 Å². The standard InChI is InChI=1S/C40H52N14O17S/c41-16-43-9-1-2-20(33(63)50-23(11-28(58)59)35(65)51-24(12-29(60)61)36(66)52-25(15-72)39(70)71)48-34(64)22(10-27(56)57)47-26(55)8-7-21(38(68)69)49-32(62)17-3-5-18(6-4-17)44-13-19-14-45-31-30(46-19)37(67)54-40(42)53-31/h3-6,14,20-25,43-44,72H,1-2,7-13,15-16,41H2,(H,47,55)(H,48,64)(H,49,62)(H,50,63)(H,51,65)(H,52,66)(H,56,57)(H,58,59)(H,60,61)(H,68,69)(H,70,71)(H3,42,45,53,54,67)/t20-,21-,22-,23-,24-,25-/m1/s1. The summed E-state index contributed by atoms with van der Waals surface area (Å²) in [6.07, 6.45) is -3.50. The molecule has 0 aliphatic rings. The minimum atomic E-state index is -2.06. The minimum absolute atomic E-state index is 0.00724. The number of nitrogens with one attached hydrogen (secondary N) is 9. The van der Waals surface area contributed by atoms with Crippen LogP contribution in [0.3, 0.4) is 0 Å². The van der Waals surface area contributed by atoms with E-state index in [-0.39, 0.29) is 55.3 Å². The fourth-order valence-corrected chi connectivity index (χ4v) is 6.51. The number of carbonyl (C=O) groups excluding carboxylic acids is 6. The van der Waals surface area contributed by atoms with Crippen molar-refractivity contribution >= 4 is 101 Å². The van der Waals surface area contributed by atoms with Crippen molar-refractivity contribution in [2.75, 3.05) is 30.0 Å². The van der Waals surface area contributed by atoms with Crippen LogP contribution in [0.2, 0.25) is 0 Å². The topological polar surface area (TPSA) is 509 Å². The molecular formula is C40H52N14O17S. The second-order valence-corrected chi connectivity index (χ2v) is 15.7. The Balaban J connectivity index is 1.69. The number of carboxylic acid groups (broad SMARTS) is 5. The van der Waals surface area contributed by atoms with Crippen LogP contribution >= 0.6 is 12.6 Å². The maximum absolute atomic E-state index is 13.6. The average Bonchev–Trinajstić information content (AvgIpc) is 3.30. The molecule has 72 heavy (non-hydrogen) atoms. The van der Waals surface area contributed by atoms with Crippen molar-refractivity contribution in [2.45, 2.75) is 87.7 Å². The molecule has 32 heteroatoms. The summed E-state index contributed by atoms with van der Waals surface area (Å²) in [4.78, 5) is 165. The number of carboxylic acids is 5. The van der Waals surface area contributed by atoms with E-state index in [1.165, 1.54) is 30.5 Å². The van der Waals surface area contributed by atoms with Crippen LogP contribution in [-0.4, -0.2) is 166 Å². The molecule has 0 aliphatic carbocycles. The number of nitrogens with zero attached hydrogens (tertiary/aromatic N) is 3. The van der Waals surface area contributed by atoms with E-state index in [1.807, 2.05) is 10.6 Å². The molecule has 0 radical (unpaired) electrons. The Morgan fingerprint density at radius 3 is 1.68 bits per heavy atom.